The third-order valence-electron chi connectivity index (χ3n) is 7.45. The van der Waals surface area contributed by atoms with Gasteiger partial charge in [-0.3, -0.25) is 9.59 Å². The minimum atomic E-state index is -0.689. The summed E-state index contributed by atoms with van der Waals surface area (Å²) in [5.41, 5.74) is 0. The van der Waals surface area contributed by atoms with Gasteiger partial charge < -0.3 is 20.4 Å². The number of hydrogen-bond acceptors (Lipinski definition) is 4. The predicted molar refractivity (Wildman–Crippen MR) is 177 cm³/mol. The molecule has 2 atom stereocenters. The zero-order valence-electron chi connectivity index (χ0n) is 28.2. The molecule has 0 amide bonds. The van der Waals surface area contributed by atoms with E-state index in [2.05, 4.69) is 38.2 Å². The summed E-state index contributed by atoms with van der Waals surface area (Å²) < 4.78 is 0. The maximum absolute atomic E-state index is 10.3. The van der Waals surface area contributed by atoms with Crippen LogP contribution in [0.25, 0.3) is 0 Å². The van der Waals surface area contributed by atoms with E-state index in [0.29, 0.717) is 12.8 Å². The zero-order valence-corrected chi connectivity index (χ0v) is 32.2. The molecular weight excluding hydrogens is 641 g/mol. The molecule has 0 radical (unpaired) electrons. The number of carboxylic acids is 2. The standard InChI is InChI=1S/2C18H34O3.Cd/c2*1-2-3-4-11-14-17(19)15-12-9-7-5-6-8-10-13-16-18(20)21;/h2*9,12,17,19H,2-8,10-11,13-16H2,1H3,(H,20,21);/b2*12-9-;. The SMILES string of the molecule is CCCCCCC(O)C/C=C\CCCCCCCC(=O)O.CCCCCCC(O)C/C=C\CCCCCCCC(=O)O.[Cd]. The van der Waals surface area contributed by atoms with E-state index >= 15 is 0 Å². The number of aliphatic carboxylic acids is 2. The molecule has 2 unspecified atom stereocenters. The van der Waals surface area contributed by atoms with E-state index in [9.17, 15) is 19.8 Å². The molecule has 7 heteroatoms. The molecule has 6 nitrogen and oxygen atoms in total. The normalized spacial score (nSPS) is 12.6. The largest absolute Gasteiger partial charge is 0.481 e. The van der Waals surface area contributed by atoms with E-state index in [-0.39, 0.29) is 39.5 Å². The molecule has 0 bridgehead atoms. The van der Waals surface area contributed by atoms with Crippen molar-refractivity contribution in [2.75, 3.05) is 0 Å². The van der Waals surface area contributed by atoms with E-state index in [4.69, 9.17) is 10.2 Å². The monoisotopic (exact) mass is 710 g/mol. The van der Waals surface area contributed by atoms with E-state index in [1.807, 2.05) is 0 Å². The molecular formula is C36H68CdO6. The smallest absolute Gasteiger partial charge is 0.303 e. The van der Waals surface area contributed by atoms with Crippen LogP contribution in [-0.2, 0) is 36.9 Å². The zero-order chi connectivity index (χ0) is 31.5. The van der Waals surface area contributed by atoms with Gasteiger partial charge in [-0.2, -0.15) is 0 Å². The average molecular weight is 709 g/mol. The van der Waals surface area contributed by atoms with Gasteiger partial charge in [-0.05, 0) is 64.2 Å². The van der Waals surface area contributed by atoms with Crippen molar-refractivity contribution >= 4 is 11.9 Å². The van der Waals surface area contributed by atoms with E-state index in [0.717, 1.165) is 103 Å². The Morgan fingerprint density at radius 3 is 1.16 bits per heavy atom. The number of aliphatic hydroxyl groups is 2. The van der Waals surface area contributed by atoms with Crippen LogP contribution in [0.15, 0.2) is 24.3 Å². The average Bonchev–Trinajstić information content (AvgIpc) is 2.95. The summed E-state index contributed by atoms with van der Waals surface area (Å²) in [5, 5.41) is 36.6. The van der Waals surface area contributed by atoms with Gasteiger partial charge in [0.05, 0.1) is 12.2 Å². The Labute approximate surface area is 285 Å². The first-order chi connectivity index (χ1) is 20.3. The van der Waals surface area contributed by atoms with Crippen LogP contribution >= 0.6 is 0 Å². The number of carboxylic acid groups (broad SMARTS) is 2. The second-order valence-electron chi connectivity index (χ2n) is 11.8. The van der Waals surface area contributed by atoms with Crippen molar-refractivity contribution < 1.29 is 57.3 Å². The van der Waals surface area contributed by atoms with Gasteiger partial charge in [-0.25, -0.2) is 0 Å². The Kier molecular flexibility index (Phi) is 42.6. The van der Waals surface area contributed by atoms with Crippen LogP contribution in [-0.4, -0.2) is 44.6 Å². The molecule has 0 aliphatic heterocycles. The molecule has 0 aromatic carbocycles. The van der Waals surface area contributed by atoms with Crippen LogP contribution in [0.5, 0.6) is 0 Å². The Hall–Kier alpha value is -0.738. The summed E-state index contributed by atoms with van der Waals surface area (Å²) in [4.78, 5) is 20.7. The number of aliphatic hydroxyl groups excluding tert-OH is 2. The molecule has 0 aliphatic rings. The minimum absolute atomic E-state index is 0. The van der Waals surface area contributed by atoms with Crippen LogP contribution in [0.1, 0.15) is 181 Å². The minimum Gasteiger partial charge on any atom is -0.481 e. The van der Waals surface area contributed by atoms with Crippen molar-refractivity contribution in [2.24, 2.45) is 0 Å². The van der Waals surface area contributed by atoms with Gasteiger partial charge in [-0.1, -0.05) is 128 Å². The van der Waals surface area contributed by atoms with Gasteiger partial charge in [0.2, 0.25) is 0 Å². The molecule has 0 aromatic rings. The van der Waals surface area contributed by atoms with Gasteiger partial charge >= 0.3 is 11.9 Å². The van der Waals surface area contributed by atoms with Crippen LogP contribution in [0, 0.1) is 0 Å². The third-order valence-corrected chi connectivity index (χ3v) is 7.45. The first-order valence-electron chi connectivity index (χ1n) is 17.4. The quantitative estimate of drug-likeness (QED) is 0.0335. The first-order valence-corrected chi connectivity index (χ1v) is 17.4. The molecule has 43 heavy (non-hydrogen) atoms. The van der Waals surface area contributed by atoms with Crippen LogP contribution in [0.2, 0.25) is 0 Å². The summed E-state index contributed by atoms with van der Waals surface area (Å²) in [5.74, 6) is -1.38. The van der Waals surface area contributed by atoms with Crippen LogP contribution < -0.4 is 0 Å². The molecule has 0 rings (SSSR count). The molecule has 4 N–H and O–H groups in total. The molecule has 0 saturated carbocycles. The van der Waals surface area contributed by atoms with E-state index in [1.54, 1.807) is 0 Å². The molecule has 0 saturated heterocycles. The number of carbonyl (C=O) groups is 2. The molecule has 0 aromatic heterocycles. The fraction of sp³-hybridized carbons (Fsp3) is 0.833. The van der Waals surface area contributed by atoms with Crippen molar-refractivity contribution in [3.8, 4) is 0 Å². The molecule has 0 heterocycles. The van der Waals surface area contributed by atoms with Crippen molar-refractivity contribution in [1.82, 2.24) is 0 Å². The predicted octanol–water partition coefficient (Wildman–Crippen LogP) is 10.2. The maximum atomic E-state index is 10.3. The number of hydrogen-bond donors (Lipinski definition) is 4. The van der Waals surface area contributed by atoms with E-state index in [1.165, 1.54) is 51.4 Å². The summed E-state index contributed by atoms with van der Waals surface area (Å²) in [6.45, 7) is 4.40. The summed E-state index contributed by atoms with van der Waals surface area (Å²) >= 11 is 0. The second-order valence-corrected chi connectivity index (χ2v) is 11.8. The number of rotatable bonds is 30. The molecule has 0 aliphatic carbocycles. The van der Waals surface area contributed by atoms with Gasteiger partial charge in [0.15, 0.2) is 0 Å². The molecule has 0 spiro atoms. The van der Waals surface area contributed by atoms with Crippen molar-refractivity contribution in [1.29, 1.82) is 0 Å². The maximum Gasteiger partial charge on any atom is 0.303 e. The van der Waals surface area contributed by atoms with Crippen molar-refractivity contribution in [2.45, 2.75) is 193 Å². The van der Waals surface area contributed by atoms with Crippen molar-refractivity contribution in [3.05, 3.63) is 24.3 Å². The van der Waals surface area contributed by atoms with Crippen LogP contribution in [0.3, 0.4) is 0 Å². The fourth-order valence-corrected chi connectivity index (χ4v) is 4.73. The van der Waals surface area contributed by atoms with Gasteiger partial charge in [-0.15, -0.1) is 0 Å². The van der Waals surface area contributed by atoms with Crippen molar-refractivity contribution in [3.63, 3.8) is 0 Å². The Morgan fingerprint density at radius 2 is 0.814 bits per heavy atom. The Balaban J connectivity index is -0.000000727. The van der Waals surface area contributed by atoms with Gasteiger partial charge in [0.1, 0.15) is 0 Å². The first kappa shape index (κ1) is 46.7. The summed E-state index contributed by atoms with van der Waals surface area (Å²) in [7, 11) is 0. The molecule has 0 fully saturated rings. The number of allylic oxidation sites excluding steroid dienone is 2. The van der Waals surface area contributed by atoms with Crippen LogP contribution in [0.4, 0.5) is 0 Å². The van der Waals surface area contributed by atoms with Gasteiger partial charge in [0.25, 0.3) is 0 Å². The second kappa shape index (κ2) is 39.3. The number of unbranched alkanes of at least 4 members (excludes halogenated alkanes) is 16. The molecule has 250 valence electrons. The van der Waals surface area contributed by atoms with E-state index < -0.39 is 11.9 Å². The third kappa shape index (κ3) is 45.8. The Morgan fingerprint density at radius 1 is 0.488 bits per heavy atom. The summed E-state index contributed by atoms with van der Waals surface area (Å²) in [6.07, 6.45) is 34.7. The fourth-order valence-electron chi connectivity index (χ4n) is 4.73. The van der Waals surface area contributed by atoms with Gasteiger partial charge in [0, 0.05) is 40.1 Å². The Bertz CT molecular complexity index is 583. The topological polar surface area (TPSA) is 115 Å². The summed E-state index contributed by atoms with van der Waals surface area (Å²) in [6, 6.07) is 0.